The second-order valence-electron chi connectivity index (χ2n) is 7.12. The standard InChI is InChI=1S/C21H25N3OS/c1-16-14-18-20(26-16)15-19(21(25)23-12-10-22(2)11-13-23)24(18)9-8-17-6-4-3-5-7-17/h3-7,14-15H,8-13H2,1-2H3. The van der Waals surface area contributed by atoms with Crippen molar-refractivity contribution in [1.29, 1.82) is 0 Å². The topological polar surface area (TPSA) is 28.5 Å². The van der Waals surface area contributed by atoms with E-state index in [2.05, 4.69) is 59.8 Å². The minimum Gasteiger partial charge on any atom is -0.335 e. The number of piperazine rings is 1. The van der Waals surface area contributed by atoms with Crippen LogP contribution in [-0.2, 0) is 13.0 Å². The van der Waals surface area contributed by atoms with Crippen LogP contribution in [0.4, 0.5) is 0 Å². The van der Waals surface area contributed by atoms with Crippen LogP contribution < -0.4 is 0 Å². The van der Waals surface area contributed by atoms with Gasteiger partial charge in [0.15, 0.2) is 0 Å². The smallest absolute Gasteiger partial charge is 0.270 e. The molecule has 4 nitrogen and oxygen atoms in total. The summed E-state index contributed by atoms with van der Waals surface area (Å²) in [5.41, 5.74) is 3.34. The summed E-state index contributed by atoms with van der Waals surface area (Å²) < 4.78 is 3.44. The number of amides is 1. The molecule has 0 spiro atoms. The first-order valence-electron chi connectivity index (χ1n) is 9.23. The predicted octanol–water partition coefficient (Wildman–Crippen LogP) is 3.64. The summed E-state index contributed by atoms with van der Waals surface area (Å²) in [6, 6.07) is 14.8. The molecule has 0 saturated carbocycles. The van der Waals surface area contributed by atoms with Gasteiger partial charge in [0.1, 0.15) is 5.69 Å². The van der Waals surface area contributed by atoms with Gasteiger partial charge < -0.3 is 14.4 Å². The van der Waals surface area contributed by atoms with Crippen LogP contribution in [0.15, 0.2) is 42.5 Å². The fourth-order valence-corrected chi connectivity index (χ4v) is 4.60. The summed E-state index contributed by atoms with van der Waals surface area (Å²) in [7, 11) is 2.11. The number of benzene rings is 1. The van der Waals surface area contributed by atoms with Gasteiger partial charge in [-0.1, -0.05) is 30.3 Å². The van der Waals surface area contributed by atoms with Crippen molar-refractivity contribution < 1.29 is 4.79 Å². The van der Waals surface area contributed by atoms with Gasteiger partial charge in [-0.2, -0.15) is 0 Å². The zero-order valence-corrected chi connectivity index (χ0v) is 16.3. The van der Waals surface area contributed by atoms with Crippen molar-refractivity contribution in [3.8, 4) is 0 Å². The molecule has 26 heavy (non-hydrogen) atoms. The van der Waals surface area contributed by atoms with E-state index in [1.54, 1.807) is 11.3 Å². The zero-order valence-electron chi connectivity index (χ0n) is 15.4. The zero-order chi connectivity index (χ0) is 18.1. The molecule has 0 atom stereocenters. The maximum atomic E-state index is 13.2. The van der Waals surface area contributed by atoms with E-state index in [-0.39, 0.29) is 5.91 Å². The normalized spacial score (nSPS) is 15.7. The highest BCUT2D eigenvalue weighted by Crippen LogP contribution is 2.29. The molecule has 1 saturated heterocycles. The SMILES string of the molecule is Cc1cc2c(cc(C(=O)N3CCN(C)CC3)n2CCc2ccccc2)s1. The van der Waals surface area contributed by atoms with E-state index in [9.17, 15) is 4.79 Å². The predicted molar refractivity (Wildman–Crippen MR) is 108 cm³/mol. The van der Waals surface area contributed by atoms with Gasteiger partial charge in [0.2, 0.25) is 0 Å². The average molecular weight is 368 g/mol. The number of aryl methyl sites for hydroxylation is 3. The van der Waals surface area contributed by atoms with Gasteiger partial charge in [-0.05, 0) is 38.1 Å². The Bertz CT molecular complexity index is 904. The number of rotatable bonds is 4. The van der Waals surface area contributed by atoms with Gasteiger partial charge in [0, 0.05) is 37.6 Å². The Morgan fingerprint density at radius 2 is 1.81 bits per heavy atom. The molecule has 1 aliphatic rings. The molecular weight excluding hydrogens is 342 g/mol. The molecule has 2 aromatic heterocycles. The van der Waals surface area contributed by atoms with Crippen molar-refractivity contribution in [3.63, 3.8) is 0 Å². The molecule has 1 fully saturated rings. The molecular formula is C21H25N3OS. The Labute approximate surface area is 158 Å². The van der Waals surface area contributed by atoms with Crippen molar-refractivity contribution in [2.75, 3.05) is 33.2 Å². The summed E-state index contributed by atoms with van der Waals surface area (Å²) in [4.78, 5) is 18.8. The first-order chi connectivity index (χ1) is 12.6. The molecule has 0 N–H and O–H groups in total. The van der Waals surface area contributed by atoms with Gasteiger partial charge in [0.05, 0.1) is 10.2 Å². The molecule has 1 aromatic carbocycles. The van der Waals surface area contributed by atoms with Gasteiger partial charge in [-0.15, -0.1) is 11.3 Å². The van der Waals surface area contributed by atoms with Crippen LogP contribution in [-0.4, -0.2) is 53.5 Å². The number of fused-ring (bicyclic) bond motifs is 1. The largest absolute Gasteiger partial charge is 0.335 e. The van der Waals surface area contributed by atoms with Crippen molar-refractivity contribution in [2.45, 2.75) is 19.9 Å². The van der Waals surface area contributed by atoms with Gasteiger partial charge >= 0.3 is 0 Å². The lowest BCUT2D eigenvalue weighted by molar-refractivity contribution is 0.0653. The molecule has 136 valence electrons. The third-order valence-electron chi connectivity index (χ3n) is 5.19. The number of thiophene rings is 1. The van der Waals surface area contributed by atoms with E-state index >= 15 is 0 Å². The number of likely N-dealkylation sites (N-methyl/N-ethyl adjacent to an activating group) is 1. The van der Waals surface area contributed by atoms with E-state index in [1.165, 1.54) is 20.7 Å². The molecule has 0 radical (unpaired) electrons. The van der Waals surface area contributed by atoms with Crippen LogP contribution in [0, 0.1) is 6.92 Å². The highest BCUT2D eigenvalue weighted by atomic mass is 32.1. The molecule has 5 heteroatoms. The van der Waals surface area contributed by atoms with Crippen LogP contribution in [0.2, 0.25) is 0 Å². The molecule has 1 aliphatic heterocycles. The Balaban J connectivity index is 1.63. The maximum Gasteiger partial charge on any atom is 0.270 e. The lowest BCUT2D eigenvalue weighted by Crippen LogP contribution is -2.47. The van der Waals surface area contributed by atoms with Crippen LogP contribution in [0.5, 0.6) is 0 Å². The molecule has 0 aliphatic carbocycles. The second-order valence-corrected chi connectivity index (χ2v) is 8.41. The fourth-order valence-electron chi connectivity index (χ4n) is 3.64. The number of aromatic nitrogens is 1. The minimum absolute atomic E-state index is 0.173. The molecule has 3 heterocycles. The molecule has 4 rings (SSSR count). The second kappa shape index (κ2) is 7.25. The highest BCUT2D eigenvalue weighted by Gasteiger charge is 2.24. The van der Waals surface area contributed by atoms with Crippen LogP contribution in [0.25, 0.3) is 10.2 Å². The molecule has 3 aromatic rings. The Morgan fingerprint density at radius 1 is 1.08 bits per heavy atom. The van der Waals surface area contributed by atoms with E-state index in [1.807, 2.05) is 11.0 Å². The summed E-state index contributed by atoms with van der Waals surface area (Å²) in [5, 5.41) is 0. The summed E-state index contributed by atoms with van der Waals surface area (Å²) in [5.74, 6) is 0.173. The minimum atomic E-state index is 0.173. The number of hydrogen-bond acceptors (Lipinski definition) is 3. The van der Waals surface area contributed by atoms with Gasteiger partial charge in [0.25, 0.3) is 5.91 Å². The molecule has 1 amide bonds. The summed E-state index contributed by atoms with van der Waals surface area (Å²) >= 11 is 1.77. The molecule has 0 unspecified atom stereocenters. The lowest BCUT2D eigenvalue weighted by atomic mass is 10.1. The summed E-state index contributed by atoms with van der Waals surface area (Å²) in [6.07, 6.45) is 0.933. The van der Waals surface area contributed by atoms with Gasteiger partial charge in [-0.25, -0.2) is 0 Å². The van der Waals surface area contributed by atoms with Crippen molar-refractivity contribution in [2.24, 2.45) is 0 Å². The highest BCUT2D eigenvalue weighted by molar-refractivity contribution is 7.19. The van der Waals surface area contributed by atoms with Crippen LogP contribution in [0.1, 0.15) is 20.9 Å². The summed E-state index contributed by atoms with van der Waals surface area (Å²) in [6.45, 7) is 6.48. The third kappa shape index (κ3) is 3.41. The Morgan fingerprint density at radius 3 is 2.54 bits per heavy atom. The Hall–Kier alpha value is -2.11. The van der Waals surface area contributed by atoms with Crippen molar-refractivity contribution >= 4 is 27.5 Å². The lowest BCUT2D eigenvalue weighted by Gasteiger charge is -2.32. The number of hydrogen-bond donors (Lipinski definition) is 0. The number of carbonyl (C=O) groups is 1. The average Bonchev–Trinajstić information content (AvgIpc) is 3.17. The van der Waals surface area contributed by atoms with Gasteiger partial charge in [-0.3, -0.25) is 4.79 Å². The first kappa shape index (κ1) is 17.3. The third-order valence-corrected chi connectivity index (χ3v) is 6.18. The van der Waals surface area contributed by atoms with Crippen molar-refractivity contribution in [1.82, 2.24) is 14.4 Å². The fraction of sp³-hybridized carbons (Fsp3) is 0.381. The van der Waals surface area contributed by atoms with E-state index < -0.39 is 0 Å². The van der Waals surface area contributed by atoms with E-state index in [0.29, 0.717) is 0 Å². The maximum absolute atomic E-state index is 13.2. The van der Waals surface area contributed by atoms with Crippen LogP contribution in [0.3, 0.4) is 0 Å². The monoisotopic (exact) mass is 367 g/mol. The quantitative estimate of drug-likeness (QED) is 0.704. The number of nitrogens with zero attached hydrogens (tertiary/aromatic N) is 3. The van der Waals surface area contributed by atoms with Crippen LogP contribution >= 0.6 is 11.3 Å². The molecule has 0 bridgehead atoms. The number of carbonyl (C=O) groups excluding carboxylic acids is 1. The van der Waals surface area contributed by atoms with E-state index in [0.717, 1.165) is 44.8 Å². The Kier molecular flexibility index (Phi) is 4.83. The first-order valence-corrected chi connectivity index (χ1v) is 10.0. The van der Waals surface area contributed by atoms with Crippen molar-refractivity contribution in [3.05, 3.63) is 58.6 Å². The van der Waals surface area contributed by atoms with E-state index in [4.69, 9.17) is 0 Å².